The van der Waals surface area contributed by atoms with Crippen LogP contribution in [0.15, 0.2) is 54.0 Å². The van der Waals surface area contributed by atoms with E-state index < -0.39 is 34.6 Å². The summed E-state index contributed by atoms with van der Waals surface area (Å²) in [6.07, 6.45) is 0.813. The van der Waals surface area contributed by atoms with Crippen molar-refractivity contribution in [3.63, 3.8) is 0 Å². The average molecular weight is 452 g/mol. The summed E-state index contributed by atoms with van der Waals surface area (Å²) in [5, 5.41) is 8.55. The minimum absolute atomic E-state index is 0.0106. The van der Waals surface area contributed by atoms with Crippen molar-refractivity contribution in [3.05, 3.63) is 65.4 Å². The molecule has 1 aromatic carbocycles. The minimum atomic E-state index is -2.31. The number of aliphatic hydroxyl groups is 1. The van der Waals surface area contributed by atoms with Gasteiger partial charge in [0.05, 0.1) is 5.70 Å². The van der Waals surface area contributed by atoms with E-state index in [0.717, 1.165) is 6.07 Å². The van der Waals surface area contributed by atoms with Crippen molar-refractivity contribution in [2.75, 3.05) is 40.3 Å². The number of amides is 2. The molecule has 31 heavy (non-hydrogen) atoms. The van der Waals surface area contributed by atoms with Crippen molar-refractivity contribution in [1.82, 2.24) is 14.7 Å². The monoisotopic (exact) mass is 451 g/mol. The molecule has 0 radical (unpaired) electrons. The maximum absolute atomic E-state index is 15.7. The first kappa shape index (κ1) is 23.0. The maximum Gasteiger partial charge on any atom is 0.252 e. The van der Waals surface area contributed by atoms with Gasteiger partial charge < -0.3 is 19.8 Å². The quantitative estimate of drug-likeness (QED) is 0.564. The lowest BCUT2D eigenvalue weighted by Crippen LogP contribution is -2.51. The van der Waals surface area contributed by atoms with E-state index >= 15 is 4.39 Å². The van der Waals surface area contributed by atoms with Crippen LogP contribution >= 0.6 is 11.6 Å². The third-order valence-electron chi connectivity index (χ3n) is 5.41. The second-order valence-corrected chi connectivity index (χ2v) is 8.27. The highest BCUT2D eigenvalue weighted by Gasteiger charge is 2.44. The summed E-state index contributed by atoms with van der Waals surface area (Å²) in [6.45, 7) is 4.57. The zero-order valence-corrected chi connectivity index (χ0v) is 18.1. The van der Waals surface area contributed by atoms with Gasteiger partial charge in [0.15, 0.2) is 10.9 Å². The van der Waals surface area contributed by atoms with Gasteiger partial charge in [0.2, 0.25) is 5.91 Å². The highest BCUT2D eigenvalue weighted by atomic mass is 35.5. The van der Waals surface area contributed by atoms with Crippen LogP contribution in [-0.4, -0.2) is 77.0 Å². The topological polar surface area (TPSA) is 64.1 Å². The molecule has 2 aliphatic rings. The fourth-order valence-electron chi connectivity index (χ4n) is 3.91. The number of benzene rings is 1. The molecule has 3 rings (SSSR count). The first-order valence-electron chi connectivity index (χ1n) is 9.76. The van der Waals surface area contributed by atoms with E-state index in [-0.39, 0.29) is 35.8 Å². The Labute approximate surface area is 184 Å². The van der Waals surface area contributed by atoms with Gasteiger partial charge in [-0.05, 0) is 12.1 Å². The summed E-state index contributed by atoms with van der Waals surface area (Å²) in [6, 6.07) is 5.43. The molecule has 1 saturated heterocycles. The summed E-state index contributed by atoms with van der Waals surface area (Å²) in [7, 11) is 3.11. The number of likely N-dealkylation sites (N-methyl/N-ethyl adjacent to an activating group) is 1. The van der Waals surface area contributed by atoms with Gasteiger partial charge in [-0.3, -0.25) is 9.59 Å². The maximum atomic E-state index is 15.7. The zero-order valence-electron chi connectivity index (χ0n) is 17.4. The predicted octanol–water partition coefficient (Wildman–Crippen LogP) is 2.51. The molecule has 9 heteroatoms. The lowest BCUT2D eigenvalue weighted by Gasteiger charge is -2.38. The third-order valence-corrected chi connectivity index (χ3v) is 5.73. The van der Waals surface area contributed by atoms with Crippen LogP contribution in [-0.2, 0) is 9.59 Å². The fraction of sp³-hybridized carbons (Fsp3) is 0.364. The van der Waals surface area contributed by atoms with Gasteiger partial charge in [-0.1, -0.05) is 36.4 Å². The van der Waals surface area contributed by atoms with E-state index in [1.165, 1.54) is 34.1 Å². The summed E-state index contributed by atoms with van der Waals surface area (Å²) < 4.78 is 30.0. The van der Waals surface area contributed by atoms with Gasteiger partial charge in [0.1, 0.15) is 5.82 Å². The molecule has 1 aromatic rings. The van der Waals surface area contributed by atoms with E-state index in [2.05, 4.69) is 6.58 Å². The largest absolute Gasteiger partial charge is 0.375 e. The molecule has 0 spiro atoms. The van der Waals surface area contributed by atoms with Crippen molar-refractivity contribution in [3.8, 4) is 0 Å². The molecule has 1 fully saturated rings. The number of piperazine rings is 1. The van der Waals surface area contributed by atoms with Crippen LogP contribution < -0.4 is 0 Å². The number of nitrogens with zero attached hydrogens (tertiary/aromatic N) is 3. The number of carbonyl (C=O) groups is 2. The number of alkyl halides is 1. The SMILES string of the molecule is C=CC(=O)N1CCN(C(=O)C2=C(N(C)C)C(F)=C(c3ccccc3F)C(O)(Cl)C2)CC1. The molecule has 2 amide bonds. The number of carbonyl (C=O) groups excluding carboxylic acids is 2. The molecule has 1 N–H and O–H groups in total. The van der Waals surface area contributed by atoms with Crippen molar-refractivity contribution >= 4 is 29.0 Å². The van der Waals surface area contributed by atoms with Crippen molar-refractivity contribution in [1.29, 1.82) is 0 Å². The van der Waals surface area contributed by atoms with Gasteiger partial charge in [-0.25, -0.2) is 8.78 Å². The fourth-order valence-corrected chi connectivity index (χ4v) is 4.23. The van der Waals surface area contributed by atoms with Gasteiger partial charge >= 0.3 is 0 Å². The average Bonchev–Trinajstić information content (AvgIpc) is 2.72. The van der Waals surface area contributed by atoms with Crippen LogP contribution in [0.25, 0.3) is 5.57 Å². The molecule has 6 nitrogen and oxygen atoms in total. The lowest BCUT2D eigenvalue weighted by molar-refractivity contribution is -0.135. The molecule has 1 aliphatic carbocycles. The number of hydrogen-bond acceptors (Lipinski definition) is 4. The number of allylic oxidation sites excluding steroid dienone is 1. The third kappa shape index (κ3) is 4.36. The Kier molecular flexibility index (Phi) is 6.52. The van der Waals surface area contributed by atoms with Crippen molar-refractivity contribution in [2.45, 2.75) is 11.5 Å². The van der Waals surface area contributed by atoms with E-state index in [9.17, 15) is 19.1 Å². The molecule has 166 valence electrons. The van der Waals surface area contributed by atoms with Crippen LogP contribution in [0.2, 0.25) is 0 Å². The molecule has 0 saturated carbocycles. The van der Waals surface area contributed by atoms with Crippen LogP contribution in [0.1, 0.15) is 12.0 Å². The summed E-state index contributed by atoms with van der Waals surface area (Å²) >= 11 is 6.27. The number of halogens is 3. The first-order chi connectivity index (χ1) is 14.6. The Bertz CT molecular complexity index is 980. The number of hydrogen-bond donors (Lipinski definition) is 1. The Morgan fingerprint density at radius 3 is 2.29 bits per heavy atom. The Morgan fingerprint density at radius 2 is 1.74 bits per heavy atom. The number of rotatable bonds is 4. The van der Waals surface area contributed by atoms with E-state index in [1.807, 2.05) is 0 Å². The Balaban J connectivity index is 2.01. The van der Waals surface area contributed by atoms with Crippen LogP contribution in [0, 0.1) is 5.82 Å². The van der Waals surface area contributed by atoms with Gasteiger partial charge in [-0.15, -0.1) is 0 Å². The molecule has 1 unspecified atom stereocenters. The Morgan fingerprint density at radius 1 is 1.16 bits per heavy atom. The van der Waals surface area contributed by atoms with Crippen molar-refractivity contribution < 1.29 is 23.5 Å². The zero-order chi connectivity index (χ0) is 22.9. The predicted molar refractivity (Wildman–Crippen MR) is 114 cm³/mol. The lowest BCUT2D eigenvalue weighted by atomic mass is 9.86. The van der Waals surface area contributed by atoms with Crippen LogP contribution in [0.5, 0.6) is 0 Å². The Hall–Kier alpha value is -2.71. The van der Waals surface area contributed by atoms with E-state index in [0.29, 0.717) is 13.1 Å². The minimum Gasteiger partial charge on any atom is -0.375 e. The van der Waals surface area contributed by atoms with Crippen molar-refractivity contribution in [2.24, 2.45) is 0 Å². The van der Waals surface area contributed by atoms with E-state index in [1.54, 1.807) is 19.0 Å². The second-order valence-electron chi connectivity index (χ2n) is 7.65. The molecular weight excluding hydrogens is 428 g/mol. The van der Waals surface area contributed by atoms with Crippen LogP contribution in [0.3, 0.4) is 0 Å². The molecule has 1 heterocycles. The van der Waals surface area contributed by atoms with Gasteiger partial charge in [-0.2, -0.15) is 0 Å². The summed E-state index contributed by atoms with van der Waals surface area (Å²) in [5.41, 5.74) is -0.643. The molecule has 0 bridgehead atoms. The van der Waals surface area contributed by atoms with E-state index in [4.69, 9.17) is 11.6 Å². The molecule has 1 atom stereocenters. The smallest absolute Gasteiger partial charge is 0.252 e. The molecule has 1 aliphatic heterocycles. The normalized spacial score (nSPS) is 22.0. The van der Waals surface area contributed by atoms with Crippen LogP contribution in [0.4, 0.5) is 8.78 Å². The van der Waals surface area contributed by atoms with Gasteiger partial charge in [0.25, 0.3) is 5.91 Å². The molecular formula is C22H24ClF2N3O3. The highest BCUT2D eigenvalue weighted by Crippen LogP contribution is 2.47. The first-order valence-corrected chi connectivity index (χ1v) is 10.1. The highest BCUT2D eigenvalue weighted by molar-refractivity contribution is 6.30. The van der Waals surface area contributed by atoms with Gasteiger partial charge in [0, 0.05) is 63.4 Å². The second kappa shape index (κ2) is 8.80. The summed E-state index contributed by atoms with van der Waals surface area (Å²) in [5.74, 6) is -2.40. The molecule has 0 aromatic heterocycles. The summed E-state index contributed by atoms with van der Waals surface area (Å²) in [4.78, 5) is 29.5. The standard InChI is InChI=1S/C22H24ClF2N3O3/c1-4-17(29)27-9-11-28(12-10-27)21(30)15-13-22(23,31)18(19(25)20(15)26(2)3)14-7-5-6-8-16(14)24/h4-8,31H,1,9-13H2,2-3H3.